The quantitative estimate of drug-likeness (QED) is 0.173. The molecule has 0 saturated heterocycles. The summed E-state index contributed by atoms with van der Waals surface area (Å²) in [4.78, 5) is 15.8. The molecule has 0 N–H and O–H groups in total. The minimum Gasteiger partial charge on any atom is -0.456 e. The predicted octanol–water partition coefficient (Wildman–Crippen LogP) is 15.6. The van der Waals surface area contributed by atoms with Crippen LogP contribution in [0.5, 0.6) is 0 Å². The first kappa shape index (κ1) is 36.5. The van der Waals surface area contributed by atoms with Gasteiger partial charge >= 0.3 is 0 Å². The lowest BCUT2D eigenvalue weighted by Gasteiger charge is -2.14. The average Bonchev–Trinajstić information content (AvgIpc) is 4.04. The summed E-state index contributed by atoms with van der Waals surface area (Å²) in [7, 11) is 0. The Morgan fingerprint density at radius 2 is 0.841 bits per heavy atom. The van der Waals surface area contributed by atoms with E-state index >= 15 is 0 Å². The molecule has 0 aliphatic heterocycles. The van der Waals surface area contributed by atoms with Crippen LogP contribution in [0.4, 0.5) is 0 Å². The van der Waals surface area contributed by atoms with Gasteiger partial charge in [0.1, 0.15) is 22.3 Å². The Balaban J connectivity index is 0.00000208. The number of para-hydroxylation sites is 3. The van der Waals surface area contributed by atoms with E-state index in [1.807, 2.05) is 80.6 Å². The number of hydrogen-bond donors (Lipinski definition) is 0. The van der Waals surface area contributed by atoms with Gasteiger partial charge in [-0.1, -0.05) is 166 Å². The smallest absolute Gasteiger partial charge is 0.238 e. The third-order valence-electron chi connectivity index (χ3n) is 12.1. The van der Waals surface area contributed by atoms with Gasteiger partial charge in [0.15, 0.2) is 11.6 Å². The van der Waals surface area contributed by atoms with Gasteiger partial charge in [0.2, 0.25) is 5.95 Å². The van der Waals surface area contributed by atoms with Crippen LogP contribution in [0.1, 0.15) is 13.8 Å². The number of furan rings is 2. The zero-order valence-electron chi connectivity index (χ0n) is 34.6. The van der Waals surface area contributed by atoms with Crippen LogP contribution in [0, 0.1) is 0 Å². The molecule has 0 unspecified atom stereocenters. The van der Waals surface area contributed by atoms with Crippen molar-refractivity contribution >= 4 is 76.5 Å². The molecule has 6 heteroatoms. The summed E-state index contributed by atoms with van der Waals surface area (Å²) >= 11 is 0. The monoisotopic (exact) mass is 810 g/mol. The SMILES string of the molecule is CC.c1ccc(-c2nc(-c3ccc4c(c3)oc3ccccc34)nc(-n3c4c(-c5cccc(-c6ccc7c(c6)oc6ccccc67)c5)cccc4c4ccc5ccccc5c43)n2)cc1. The summed E-state index contributed by atoms with van der Waals surface area (Å²) in [6, 6.07) is 67.5. The number of nitrogens with zero attached hydrogens (tertiary/aromatic N) is 4. The first-order valence-corrected chi connectivity index (χ1v) is 21.4. The van der Waals surface area contributed by atoms with E-state index in [1.165, 1.54) is 0 Å². The average molecular weight is 811 g/mol. The second-order valence-corrected chi connectivity index (χ2v) is 15.6. The number of hydrogen-bond acceptors (Lipinski definition) is 5. The Morgan fingerprint density at radius 1 is 0.333 bits per heavy atom. The standard InChI is InChI=1S/C55H32N4O2.C2H6/c1-2-13-34(14-3-1)53-56-54(38-26-28-44-42-19-7-9-23-48(42)61-50(44)32-38)58-55(57-53)59-51-39-17-5-4-12-33(39)24-29-46(51)45-21-11-20-40(52(45)59)37-16-10-15-35(30-37)36-25-27-43-41-18-6-8-22-47(41)60-49(43)31-36;1-2/h1-32H;1-2H3. The van der Waals surface area contributed by atoms with Gasteiger partial charge in [0, 0.05) is 54.4 Å². The van der Waals surface area contributed by atoms with E-state index in [0.29, 0.717) is 17.6 Å². The normalized spacial score (nSPS) is 11.7. The van der Waals surface area contributed by atoms with Crippen molar-refractivity contribution in [1.82, 2.24) is 19.5 Å². The summed E-state index contributed by atoms with van der Waals surface area (Å²) in [6.07, 6.45) is 0. The molecule has 0 atom stereocenters. The van der Waals surface area contributed by atoms with Gasteiger partial charge in [-0.15, -0.1) is 0 Å². The Bertz CT molecular complexity index is 3900. The highest BCUT2D eigenvalue weighted by Gasteiger charge is 2.23. The summed E-state index contributed by atoms with van der Waals surface area (Å²) in [6.45, 7) is 4.00. The second kappa shape index (κ2) is 14.7. The number of aromatic nitrogens is 4. The van der Waals surface area contributed by atoms with E-state index in [0.717, 1.165) is 110 Å². The van der Waals surface area contributed by atoms with Crippen molar-refractivity contribution in [2.75, 3.05) is 0 Å². The number of rotatable bonds is 5. The highest BCUT2D eigenvalue weighted by Crippen LogP contribution is 2.42. The fraction of sp³-hybridized carbons (Fsp3) is 0.0351. The first-order valence-electron chi connectivity index (χ1n) is 21.4. The molecule has 0 radical (unpaired) electrons. The third-order valence-corrected chi connectivity index (χ3v) is 12.1. The molecule has 0 bridgehead atoms. The zero-order chi connectivity index (χ0) is 42.0. The molecule has 63 heavy (non-hydrogen) atoms. The first-order chi connectivity index (χ1) is 31.2. The Hall–Kier alpha value is -8.35. The van der Waals surface area contributed by atoms with Gasteiger partial charge in [-0.3, -0.25) is 4.57 Å². The molecule has 0 spiro atoms. The van der Waals surface area contributed by atoms with Crippen molar-refractivity contribution < 1.29 is 8.83 Å². The van der Waals surface area contributed by atoms with Crippen LogP contribution >= 0.6 is 0 Å². The Morgan fingerprint density at radius 3 is 1.59 bits per heavy atom. The lowest BCUT2D eigenvalue weighted by atomic mass is 9.97. The maximum absolute atomic E-state index is 6.35. The van der Waals surface area contributed by atoms with E-state index in [-0.39, 0.29) is 0 Å². The zero-order valence-corrected chi connectivity index (χ0v) is 34.6. The number of fused-ring (bicyclic) bond motifs is 11. The highest BCUT2D eigenvalue weighted by molar-refractivity contribution is 6.21. The summed E-state index contributed by atoms with van der Waals surface area (Å²) in [5.74, 6) is 1.67. The van der Waals surface area contributed by atoms with Crippen molar-refractivity contribution in [2.24, 2.45) is 0 Å². The molecule has 9 aromatic carbocycles. The maximum atomic E-state index is 6.35. The van der Waals surface area contributed by atoms with Crippen LogP contribution in [0.2, 0.25) is 0 Å². The molecule has 0 amide bonds. The molecule has 13 rings (SSSR count). The predicted molar refractivity (Wildman–Crippen MR) is 259 cm³/mol. The van der Waals surface area contributed by atoms with Gasteiger partial charge in [-0.2, -0.15) is 9.97 Å². The van der Waals surface area contributed by atoms with Crippen LogP contribution in [0.15, 0.2) is 203 Å². The van der Waals surface area contributed by atoms with Crippen molar-refractivity contribution in [2.45, 2.75) is 13.8 Å². The largest absolute Gasteiger partial charge is 0.456 e. The molecule has 13 aromatic rings. The molecule has 0 aliphatic carbocycles. The van der Waals surface area contributed by atoms with Crippen LogP contribution in [0.25, 0.3) is 127 Å². The van der Waals surface area contributed by atoms with Gasteiger partial charge in [0.05, 0.1) is 11.0 Å². The molecule has 0 aliphatic rings. The highest BCUT2D eigenvalue weighted by atomic mass is 16.3. The lowest BCUT2D eigenvalue weighted by molar-refractivity contribution is 0.668. The second-order valence-electron chi connectivity index (χ2n) is 15.6. The molecule has 6 nitrogen and oxygen atoms in total. The summed E-state index contributed by atoms with van der Waals surface area (Å²) < 4.78 is 14.9. The lowest BCUT2D eigenvalue weighted by Crippen LogP contribution is -2.07. The van der Waals surface area contributed by atoms with Gasteiger partial charge in [-0.05, 0) is 64.5 Å². The van der Waals surface area contributed by atoms with Crippen molar-refractivity contribution in [3.05, 3.63) is 194 Å². The van der Waals surface area contributed by atoms with Crippen LogP contribution in [-0.4, -0.2) is 19.5 Å². The van der Waals surface area contributed by atoms with Crippen molar-refractivity contribution in [3.8, 4) is 51.0 Å². The number of benzene rings is 9. The van der Waals surface area contributed by atoms with E-state index in [4.69, 9.17) is 23.8 Å². The molecule has 0 fully saturated rings. The van der Waals surface area contributed by atoms with Gasteiger partial charge in [-0.25, -0.2) is 4.98 Å². The minimum absolute atomic E-state index is 0.531. The fourth-order valence-electron chi connectivity index (χ4n) is 9.21. The minimum atomic E-state index is 0.531. The van der Waals surface area contributed by atoms with Crippen LogP contribution in [-0.2, 0) is 0 Å². The van der Waals surface area contributed by atoms with E-state index < -0.39 is 0 Å². The van der Waals surface area contributed by atoms with E-state index in [1.54, 1.807) is 0 Å². The van der Waals surface area contributed by atoms with Crippen molar-refractivity contribution in [3.63, 3.8) is 0 Å². The van der Waals surface area contributed by atoms with E-state index in [2.05, 4.69) is 132 Å². The van der Waals surface area contributed by atoms with E-state index in [9.17, 15) is 0 Å². The fourth-order valence-corrected chi connectivity index (χ4v) is 9.21. The Kier molecular flexibility index (Phi) is 8.50. The third kappa shape index (κ3) is 5.91. The topological polar surface area (TPSA) is 69.9 Å². The summed E-state index contributed by atoms with van der Waals surface area (Å²) in [5, 5.41) is 8.84. The molecular weight excluding hydrogens is 773 g/mol. The van der Waals surface area contributed by atoms with Gasteiger partial charge < -0.3 is 8.83 Å². The Labute approximate surface area is 362 Å². The summed E-state index contributed by atoms with van der Waals surface area (Å²) in [5.41, 5.74) is 11.5. The maximum Gasteiger partial charge on any atom is 0.238 e. The molecular formula is C57H38N4O2. The van der Waals surface area contributed by atoms with Crippen LogP contribution in [0.3, 0.4) is 0 Å². The molecule has 0 saturated carbocycles. The van der Waals surface area contributed by atoms with Crippen molar-refractivity contribution in [1.29, 1.82) is 0 Å². The van der Waals surface area contributed by atoms with Crippen LogP contribution < -0.4 is 0 Å². The molecule has 4 heterocycles. The molecule has 4 aromatic heterocycles. The van der Waals surface area contributed by atoms with Gasteiger partial charge in [0.25, 0.3) is 0 Å². The molecule has 298 valence electrons.